The summed E-state index contributed by atoms with van der Waals surface area (Å²) in [5, 5.41) is 28.8. The number of anilines is 1. The second kappa shape index (κ2) is 11.1. The molecule has 0 saturated carbocycles. The van der Waals surface area contributed by atoms with Crippen molar-refractivity contribution in [2.24, 2.45) is 5.92 Å². The summed E-state index contributed by atoms with van der Waals surface area (Å²) in [6.07, 6.45) is 0.736. The molecule has 2 aromatic rings. The average Bonchev–Trinajstić information content (AvgIpc) is 3.00. The second-order valence-electron chi connectivity index (χ2n) is 6.43. The van der Waals surface area contributed by atoms with Crippen LogP contribution < -0.4 is 16.6 Å². The number of aromatic nitrogens is 4. The lowest BCUT2D eigenvalue weighted by Crippen LogP contribution is -2.45. The Bertz CT molecular complexity index is 874. The number of aliphatic hydroxyl groups excluding tert-OH is 1. The number of aliphatic hydroxyl groups is 1. The molecule has 13 nitrogen and oxygen atoms in total. The van der Waals surface area contributed by atoms with Crippen molar-refractivity contribution in [2.45, 2.75) is 39.6 Å². The number of aliphatic carboxylic acids is 2. The van der Waals surface area contributed by atoms with Crippen LogP contribution in [0.25, 0.3) is 11.2 Å². The van der Waals surface area contributed by atoms with Gasteiger partial charge in [0.2, 0.25) is 5.95 Å². The summed E-state index contributed by atoms with van der Waals surface area (Å²) in [5.74, 6) is -1.96. The molecule has 0 amide bonds. The molecule has 0 bridgehead atoms. The number of nitrogens with one attached hydrogen (secondary N) is 2. The summed E-state index contributed by atoms with van der Waals surface area (Å²) in [7, 11) is 0. The molecule has 0 radical (unpaired) electrons. The van der Waals surface area contributed by atoms with Crippen LogP contribution in [-0.2, 0) is 21.1 Å². The van der Waals surface area contributed by atoms with Crippen LogP contribution in [0.1, 0.15) is 20.8 Å². The third kappa shape index (κ3) is 7.48. The highest BCUT2D eigenvalue weighted by molar-refractivity contribution is 5.73. The fraction of sp³-hybridized carbons (Fsp3) is 0.562. The Hall–Kier alpha value is -3.03. The molecule has 0 fully saturated rings. The lowest BCUT2D eigenvalue weighted by Gasteiger charge is -2.22. The van der Waals surface area contributed by atoms with E-state index in [1.54, 1.807) is 13.8 Å². The van der Waals surface area contributed by atoms with Gasteiger partial charge >= 0.3 is 5.97 Å². The number of hydrogen-bond donors (Lipinski definition) is 6. The standard InChI is InChI=1S/C14H22N6O5.C2H4O2/c1-7(2)9(13(23)24)16-3-8(4-21)25-6-20-5-17-10-11(20)18-14(15)19-12(10)22;1-2(3)4/h5,7-9,16,21H,3-4,6H2,1-2H3,(H,23,24)(H3,15,18,19,22);1H3,(H,3,4)/t8?,9-;/m0./s1. The third-order valence-corrected chi connectivity index (χ3v) is 3.64. The van der Waals surface area contributed by atoms with Crippen LogP contribution >= 0.6 is 0 Å². The molecule has 0 aliphatic carbocycles. The first-order chi connectivity index (χ1) is 13.6. The first-order valence-electron chi connectivity index (χ1n) is 8.65. The molecule has 0 aromatic carbocycles. The number of nitrogens with two attached hydrogens (primary N) is 1. The van der Waals surface area contributed by atoms with E-state index >= 15 is 0 Å². The smallest absolute Gasteiger partial charge is 0.320 e. The number of nitrogens with zero attached hydrogens (tertiary/aromatic N) is 3. The van der Waals surface area contributed by atoms with Crippen molar-refractivity contribution in [2.75, 3.05) is 18.9 Å². The van der Waals surface area contributed by atoms with Crippen molar-refractivity contribution in [1.29, 1.82) is 0 Å². The number of nitrogen functional groups attached to an aromatic ring is 1. The van der Waals surface area contributed by atoms with Crippen LogP contribution in [0.5, 0.6) is 0 Å². The molecule has 0 aliphatic heterocycles. The predicted molar refractivity (Wildman–Crippen MR) is 102 cm³/mol. The summed E-state index contributed by atoms with van der Waals surface area (Å²) < 4.78 is 7.03. The number of rotatable bonds is 9. The van der Waals surface area contributed by atoms with E-state index in [-0.39, 0.29) is 42.9 Å². The molecule has 0 saturated heterocycles. The van der Waals surface area contributed by atoms with Crippen LogP contribution in [0.3, 0.4) is 0 Å². The van der Waals surface area contributed by atoms with E-state index in [4.69, 9.17) is 25.5 Å². The number of carboxylic acids is 2. The van der Waals surface area contributed by atoms with E-state index in [2.05, 4.69) is 20.3 Å². The van der Waals surface area contributed by atoms with Gasteiger partial charge < -0.3 is 31.1 Å². The number of carbonyl (C=O) groups is 2. The molecule has 0 aliphatic rings. The Balaban J connectivity index is 0.000000960. The minimum Gasteiger partial charge on any atom is -0.481 e. The van der Waals surface area contributed by atoms with Crippen molar-refractivity contribution in [3.05, 3.63) is 16.7 Å². The number of carboxylic acid groups (broad SMARTS) is 2. The van der Waals surface area contributed by atoms with Crippen LogP contribution in [0.4, 0.5) is 5.95 Å². The minimum absolute atomic E-state index is 0.0291. The number of fused-ring (bicyclic) bond motifs is 1. The number of H-pyrrole nitrogens is 1. The molecule has 2 heterocycles. The topological polar surface area (TPSA) is 206 Å². The molecule has 7 N–H and O–H groups in total. The number of aromatic amines is 1. The molecule has 2 atom stereocenters. The molecule has 162 valence electrons. The van der Waals surface area contributed by atoms with Gasteiger partial charge in [0.05, 0.1) is 19.0 Å². The summed E-state index contributed by atoms with van der Waals surface area (Å²) in [4.78, 5) is 42.2. The molecule has 29 heavy (non-hydrogen) atoms. The quantitative estimate of drug-likeness (QED) is 0.288. The van der Waals surface area contributed by atoms with E-state index in [0.717, 1.165) is 6.92 Å². The zero-order chi connectivity index (χ0) is 22.1. The predicted octanol–water partition coefficient (Wildman–Crippen LogP) is -1.17. The highest BCUT2D eigenvalue weighted by atomic mass is 16.5. The lowest BCUT2D eigenvalue weighted by molar-refractivity contribution is -0.141. The van der Waals surface area contributed by atoms with E-state index in [1.165, 1.54) is 10.9 Å². The SMILES string of the molecule is CC(=O)O.CC(C)[C@H](NCC(CO)OCn1cnc2c(=O)[nH]c(N)nc21)C(=O)O. The zero-order valence-corrected chi connectivity index (χ0v) is 16.3. The minimum atomic E-state index is -0.966. The van der Waals surface area contributed by atoms with Crippen LogP contribution in [-0.4, -0.2) is 72.1 Å². The van der Waals surface area contributed by atoms with Gasteiger partial charge in [-0.3, -0.25) is 23.9 Å². The number of imidazole rings is 1. The molecular weight excluding hydrogens is 388 g/mol. The lowest BCUT2D eigenvalue weighted by atomic mass is 10.0. The van der Waals surface area contributed by atoms with Crippen molar-refractivity contribution >= 4 is 29.1 Å². The van der Waals surface area contributed by atoms with Gasteiger partial charge in [0.15, 0.2) is 11.2 Å². The molecule has 2 aromatic heterocycles. The monoisotopic (exact) mass is 414 g/mol. The maximum atomic E-state index is 11.7. The largest absolute Gasteiger partial charge is 0.481 e. The van der Waals surface area contributed by atoms with Crippen molar-refractivity contribution in [3.63, 3.8) is 0 Å². The summed E-state index contributed by atoms with van der Waals surface area (Å²) in [5.41, 5.74) is 5.45. The molecule has 2 rings (SSSR count). The summed E-state index contributed by atoms with van der Waals surface area (Å²) >= 11 is 0. The van der Waals surface area contributed by atoms with Crippen molar-refractivity contribution in [3.8, 4) is 0 Å². The van der Waals surface area contributed by atoms with E-state index in [1.807, 2.05) is 0 Å². The van der Waals surface area contributed by atoms with E-state index < -0.39 is 29.6 Å². The van der Waals surface area contributed by atoms with Gasteiger partial charge in [0, 0.05) is 13.5 Å². The van der Waals surface area contributed by atoms with Crippen molar-refractivity contribution < 1.29 is 29.6 Å². The van der Waals surface area contributed by atoms with Crippen molar-refractivity contribution in [1.82, 2.24) is 24.8 Å². The fourth-order valence-electron chi connectivity index (χ4n) is 2.29. The first-order valence-corrected chi connectivity index (χ1v) is 8.65. The number of ether oxygens (including phenoxy) is 1. The third-order valence-electron chi connectivity index (χ3n) is 3.64. The normalized spacial score (nSPS) is 13.0. The summed E-state index contributed by atoms with van der Waals surface area (Å²) in [6.45, 7) is 4.46. The molecular formula is C16H26N6O7. The van der Waals surface area contributed by atoms with Gasteiger partial charge in [-0.15, -0.1) is 0 Å². The Labute approximate surface area is 165 Å². The van der Waals surface area contributed by atoms with Gasteiger partial charge in [-0.2, -0.15) is 4.98 Å². The van der Waals surface area contributed by atoms with Crippen LogP contribution in [0.2, 0.25) is 0 Å². The Morgan fingerprint density at radius 1 is 1.38 bits per heavy atom. The van der Waals surface area contributed by atoms with Gasteiger partial charge in [-0.05, 0) is 5.92 Å². The highest BCUT2D eigenvalue weighted by Crippen LogP contribution is 2.08. The van der Waals surface area contributed by atoms with Gasteiger partial charge in [0.25, 0.3) is 11.5 Å². The van der Waals surface area contributed by atoms with E-state index in [0.29, 0.717) is 0 Å². The Morgan fingerprint density at radius 2 is 2.00 bits per heavy atom. The summed E-state index contributed by atoms with van der Waals surface area (Å²) in [6, 6.07) is -0.744. The number of hydrogen-bond acceptors (Lipinski definition) is 9. The fourth-order valence-corrected chi connectivity index (χ4v) is 2.29. The maximum absolute atomic E-state index is 11.7. The van der Waals surface area contributed by atoms with Gasteiger partial charge in [-0.1, -0.05) is 13.8 Å². The second-order valence-corrected chi connectivity index (χ2v) is 6.43. The van der Waals surface area contributed by atoms with Crippen LogP contribution in [0.15, 0.2) is 11.1 Å². The highest BCUT2D eigenvalue weighted by Gasteiger charge is 2.22. The maximum Gasteiger partial charge on any atom is 0.320 e. The van der Waals surface area contributed by atoms with Gasteiger partial charge in [-0.25, -0.2) is 4.98 Å². The molecule has 0 spiro atoms. The zero-order valence-electron chi connectivity index (χ0n) is 16.3. The van der Waals surface area contributed by atoms with Crippen LogP contribution in [0, 0.1) is 5.92 Å². The Morgan fingerprint density at radius 3 is 2.52 bits per heavy atom. The van der Waals surface area contributed by atoms with Gasteiger partial charge in [0.1, 0.15) is 12.8 Å². The average molecular weight is 414 g/mol. The van der Waals surface area contributed by atoms with E-state index in [9.17, 15) is 14.7 Å². The molecule has 13 heteroatoms. The Kier molecular flexibility index (Phi) is 9.18. The first kappa shape index (κ1) is 24.0. The molecule has 1 unspecified atom stereocenters.